The van der Waals surface area contributed by atoms with Crippen LogP contribution in [0.2, 0.25) is 0 Å². The number of hydrogen-bond donors (Lipinski definition) is 2. The molecule has 2 aromatic heterocycles. The van der Waals surface area contributed by atoms with Gasteiger partial charge < -0.3 is 20.0 Å². The molecule has 6 heterocycles. The Hall–Kier alpha value is -6.23. The summed E-state index contributed by atoms with van der Waals surface area (Å²) in [6.45, 7) is 5.65. The number of nitrogens with zero attached hydrogens (tertiary/aromatic N) is 9. The Morgan fingerprint density at radius 2 is 1.44 bits per heavy atom. The predicted molar refractivity (Wildman–Crippen MR) is 209 cm³/mol. The fraction of sp³-hybridized carbons (Fsp3) is 0.425. The molecule has 57 heavy (non-hydrogen) atoms. The van der Waals surface area contributed by atoms with Gasteiger partial charge in [0.15, 0.2) is 5.65 Å². The zero-order valence-electron chi connectivity index (χ0n) is 31.4. The number of amides is 5. The zero-order chi connectivity index (χ0) is 39.2. The molecule has 0 bridgehead atoms. The number of rotatable bonds is 8. The molecule has 17 heteroatoms. The number of fused-ring (bicyclic) bond motifs is 2. The summed E-state index contributed by atoms with van der Waals surface area (Å²) < 4.78 is 1.77. The Morgan fingerprint density at radius 3 is 2.18 bits per heavy atom. The van der Waals surface area contributed by atoms with Crippen LogP contribution in [0.3, 0.4) is 0 Å². The van der Waals surface area contributed by atoms with Gasteiger partial charge in [-0.05, 0) is 61.7 Å². The number of anilines is 4. The summed E-state index contributed by atoms with van der Waals surface area (Å²) in [7, 11) is 0. The lowest BCUT2D eigenvalue weighted by Gasteiger charge is -2.39. The van der Waals surface area contributed by atoms with E-state index >= 15 is 0 Å². The lowest BCUT2D eigenvalue weighted by molar-refractivity contribution is -0.136. The number of carbonyl (C=O) groups excluding carboxylic acids is 5. The molecule has 1 saturated carbocycles. The van der Waals surface area contributed by atoms with Crippen LogP contribution in [0.5, 0.6) is 0 Å². The summed E-state index contributed by atoms with van der Waals surface area (Å²) in [6.07, 6.45) is 7.31. The molecule has 4 aliphatic heterocycles. The molecule has 0 spiro atoms. The SMILES string of the molecule is O=C1CCC(N2C(=O)c3ccc(N4CCN(C(=O)CN5CCN(c6ccc(Nc7ncc8ncc(=O)n(C9CCCC9)c8n7)cc6)CC5)CC4)cc3C2=O)C(=O)N1. The van der Waals surface area contributed by atoms with Crippen molar-refractivity contribution in [3.63, 3.8) is 0 Å². The number of carbonyl (C=O) groups is 5. The van der Waals surface area contributed by atoms with Gasteiger partial charge in [0.25, 0.3) is 17.4 Å². The Labute approximate surface area is 327 Å². The van der Waals surface area contributed by atoms with Gasteiger partial charge >= 0.3 is 0 Å². The molecule has 1 aliphatic carbocycles. The van der Waals surface area contributed by atoms with E-state index in [9.17, 15) is 28.8 Å². The second-order valence-electron chi connectivity index (χ2n) is 15.3. The van der Waals surface area contributed by atoms with Gasteiger partial charge in [-0.2, -0.15) is 4.98 Å². The number of nitrogens with one attached hydrogen (secondary N) is 2. The minimum atomic E-state index is -1.01. The highest BCUT2D eigenvalue weighted by Crippen LogP contribution is 2.32. The molecule has 2 N–H and O–H groups in total. The molecule has 3 saturated heterocycles. The van der Waals surface area contributed by atoms with Gasteiger partial charge in [0.2, 0.25) is 23.7 Å². The molecule has 294 valence electrons. The quantitative estimate of drug-likeness (QED) is 0.248. The lowest BCUT2D eigenvalue weighted by Crippen LogP contribution is -2.54. The number of hydrogen-bond acceptors (Lipinski definition) is 13. The van der Waals surface area contributed by atoms with Crippen LogP contribution in [0.25, 0.3) is 11.2 Å². The first-order chi connectivity index (χ1) is 27.7. The molecule has 0 radical (unpaired) electrons. The summed E-state index contributed by atoms with van der Waals surface area (Å²) in [5.74, 6) is -1.62. The average Bonchev–Trinajstić information content (AvgIpc) is 3.84. The molecule has 5 aliphatic rings. The number of benzene rings is 2. The van der Waals surface area contributed by atoms with Gasteiger partial charge in [-0.3, -0.25) is 48.5 Å². The van der Waals surface area contributed by atoms with Gasteiger partial charge in [-0.1, -0.05) is 12.8 Å². The van der Waals surface area contributed by atoms with Crippen LogP contribution in [0, 0.1) is 0 Å². The molecule has 4 fully saturated rings. The Balaban J connectivity index is 0.750. The van der Waals surface area contributed by atoms with Crippen LogP contribution in [0.1, 0.15) is 65.3 Å². The first kappa shape index (κ1) is 36.4. The monoisotopic (exact) mass is 773 g/mol. The fourth-order valence-electron chi connectivity index (χ4n) is 8.71. The van der Waals surface area contributed by atoms with Crippen LogP contribution < -0.4 is 26.0 Å². The van der Waals surface area contributed by atoms with Gasteiger partial charge in [-0.15, -0.1) is 0 Å². The van der Waals surface area contributed by atoms with Crippen LogP contribution >= 0.6 is 0 Å². The highest BCUT2D eigenvalue weighted by Gasteiger charge is 2.45. The van der Waals surface area contributed by atoms with E-state index in [4.69, 9.17) is 4.98 Å². The molecule has 17 nitrogen and oxygen atoms in total. The van der Waals surface area contributed by atoms with E-state index in [-0.39, 0.29) is 41.5 Å². The molecule has 2 aromatic carbocycles. The highest BCUT2D eigenvalue weighted by atomic mass is 16.2. The van der Waals surface area contributed by atoms with Crippen molar-refractivity contribution >= 4 is 63.7 Å². The number of piperazine rings is 2. The second kappa shape index (κ2) is 15.0. The molecule has 9 rings (SSSR count). The van der Waals surface area contributed by atoms with Gasteiger partial charge in [0, 0.05) is 81.9 Å². The maximum absolute atomic E-state index is 13.4. The van der Waals surface area contributed by atoms with Gasteiger partial charge in [0.1, 0.15) is 11.6 Å². The van der Waals surface area contributed by atoms with Crippen molar-refractivity contribution in [2.24, 2.45) is 0 Å². The minimum absolute atomic E-state index is 0.0680. The standard InChI is InChI=1S/C40H43N11O6/c52-33-12-11-32(37(55)44-33)51-38(56)29-10-9-28(21-30(29)39(51)57)48-17-19-49(20-18-48)35(54)24-46-13-15-47(16-14-46)26-7-5-25(6-8-26)43-40-42-22-31-36(45-40)50(34(53)23-41-31)27-3-1-2-4-27/h5-10,21-23,27,32H,1-4,11-20,24H2,(H,42,43,45)(H,44,52,55). The van der Waals surface area contributed by atoms with Crippen LogP contribution in [-0.2, 0) is 14.4 Å². The predicted octanol–water partition coefficient (Wildman–Crippen LogP) is 1.92. The minimum Gasteiger partial charge on any atom is -0.369 e. The van der Waals surface area contributed by atoms with E-state index in [2.05, 4.69) is 47.4 Å². The normalized spacial score (nSPS) is 20.7. The average molecular weight is 774 g/mol. The van der Waals surface area contributed by atoms with E-state index in [1.165, 1.54) is 6.20 Å². The first-order valence-corrected chi connectivity index (χ1v) is 19.7. The maximum atomic E-state index is 13.4. The largest absolute Gasteiger partial charge is 0.369 e. The third-order valence-corrected chi connectivity index (χ3v) is 11.9. The Morgan fingerprint density at radius 1 is 0.754 bits per heavy atom. The van der Waals surface area contributed by atoms with Crippen molar-refractivity contribution in [3.8, 4) is 0 Å². The summed E-state index contributed by atoms with van der Waals surface area (Å²) in [6, 6.07) is 12.3. The number of aromatic nitrogens is 4. The molecule has 1 unspecified atom stereocenters. The summed E-state index contributed by atoms with van der Waals surface area (Å²) in [5.41, 5.74) is 4.20. The van der Waals surface area contributed by atoms with Crippen LogP contribution in [-0.4, -0.2) is 129 Å². The van der Waals surface area contributed by atoms with Gasteiger partial charge in [0.05, 0.1) is 30.1 Å². The lowest BCUT2D eigenvalue weighted by atomic mass is 10.0. The molecule has 4 aromatic rings. The van der Waals surface area contributed by atoms with E-state index in [0.717, 1.165) is 73.8 Å². The van der Waals surface area contributed by atoms with E-state index in [1.54, 1.807) is 29.0 Å². The Bertz CT molecular complexity index is 2330. The first-order valence-electron chi connectivity index (χ1n) is 19.7. The van der Waals surface area contributed by atoms with Crippen molar-refractivity contribution in [1.82, 2.24) is 39.5 Å². The van der Waals surface area contributed by atoms with Crippen LogP contribution in [0.4, 0.5) is 23.0 Å². The van der Waals surface area contributed by atoms with E-state index in [1.807, 2.05) is 17.0 Å². The summed E-state index contributed by atoms with van der Waals surface area (Å²) >= 11 is 0. The Kier molecular flexibility index (Phi) is 9.60. The second-order valence-corrected chi connectivity index (χ2v) is 15.3. The maximum Gasteiger partial charge on any atom is 0.270 e. The molecule has 1 atom stereocenters. The van der Waals surface area contributed by atoms with Crippen molar-refractivity contribution in [3.05, 3.63) is 76.3 Å². The van der Waals surface area contributed by atoms with E-state index < -0.39 is 29.7 Å². The fourth-order valence-corrected chi connectivity index (χ4v) is 8.71. The molecule has 5 amide bonds. The van der Waals surface area contributed by atoms with Crippen molar-refractivity contribution in [2.75, 3.05) is 74.0 Å². The summed E-state index contributed by atoms with van der Waals surface area (Å²) in [4.78, 5) is 99.4. The third kappa shape index (κ3) is 7.07. The summed E-state index contributed by atoms with van der Waals surface area (Å²) in [5, 5.41) is 5.50. The van der Waals surface area contributed by atoms with Crippen LogP contribution in [0.15, 0.2) is 59.7 Å². The smallest absolute Gasteiger partial charge is 0.270 e. The van der Waals surface area contributed by atoms with Gasteiger partial charge in [-0.25, -0.2) is 9.97 Å². The van der Waals surface area contributed by atoms with Crippen molar-refractivity contribution in [2.45, 2.75) is 50.6 Å². The number of imide groups is 2. The van der Waals surface area contributed by atoms with Crippen molar-refractivity contribution in [1.29, 1.82) is 0 Å². The number of piperidine rings is 1. The third-order valence-electron chi connectivity index (χ3n) is 11.9. The topological polar surface area (TPSA) is 186 Å². The molecular formula is C40H43N11O6. The van der Waals surface area contributed by atoms with Crippen molar-refractivity contribution < 1.29 is 24.0 Å². The van der Waals surface area contributed by atoms with E-state index in [0.29, 0.717) is 49.8 Å². The zero-order valence-corrected chi connectivity index (χ0v) is 31.4. The molecular weight excluding hydrogens is 731 g/mol. The highest BCUT2D eigenvalue weighted by molar-refractivity contribution is 6.23.